The van der Waals surface area contributed by atoms with Crippen molar-refractivity contribution in [2.24, 2.45) is 0 Å². The molecule has 0 aliphatic heterocycles. The molecule has 0 radical (unpaired) electrons. The van der Waals surface area contributed by atoms with E-state index in [1.807, 2.05) is 24.3 Å². The van der Waals surface area contributed by atoms with Gasteiger partial charge in [-0.25, -0.2) is 9.59 Å². The van der Waals surface area contributed by atoms with Crippen LogP contribution in [0, 0.1) is 0 Å². The van der Waals surface area contributed by atoms with Crippen molar-refractivity contribution in [2.45, 2.75) is 52.4 Å². The topological polar surface area (TPSA) is 92.5 Å². The summed E-state index contributed by atoms with van der Waals surface area (Å²) in [5.41, 5.74) is 2.64. The minimum absolute atomic E-state index is 0.0332. The zero-order chi connectivity index (χ0) is 25.0. The van der Waals surface area contributed by atoms with Crippen molar-refractivity contribution in [3.8, 4) is 11.4 Å². The lowest BCUT2D eigenvalue weighted by Crippen LogP contribution is -2.14. The quantitative estimate of drug-likeness (QED) is 0.173. The van der Waals surface area contributed by atoms with Gasteiger partial charge >= 0.3 is 11.9 Å². The molecule has 8 nitrogen and oxygen atoms in total. The number of nitrogens with zero attached hydrogens (tertiary/aromatic N) is 3. The minimum Gasteiger partial charge on any atom is -0.494 e. The Hall–Kier alpha value is -3.68. The van der Waals surface area contributed by atoms with Gasteiger partial charge in [-0.2, -0.15) is 4.80 Å². The molecule has 0 N–H and O–H groups in total. The first-order valence-corrected chi connectivity index (χ1v) is 12.1. The Bertz CT molecular complexity index is 1140. The molecule has 1 heterocycles. The lowest BCUT2D eigenvalue weighted by molar-refractivity contribution is -0.140. The Morgan fingerprint density at radius 3 is 2.29 bits per heavy atom. The van der Waals surface area contributed by atoms with E-state index in [2.05, 4.69) is 23.7 Å². The largest absolute Gasteiger partial charge is 0.494 e. The molecular formula is C27H33N3O5. The van der Waals surface area contributed by atoms with Crippen LogP contribution in [0.3, 0.4) is 0 Å². The van der Waals surface area contributed by atoms with Crippen LogP contribution in [0.25, 0.3) is 16.7 Å². The first-order chi connectivity index (χ1) is 17.0. The number of ether oxygens (including phenoxy) is 3. The van der Waals surface area contributed by atoms with E-state index in [9.17, 15) is 9.59 Å². The highest BCUT2D eigenvalue weighted by Gasteiger charge is 2.12. The highest BCUT2D eigenvalue weighted by molar-refractivity contribution is 5.93. The van der Waals surface area contributed by atoms with Crippen LogP contribution >= 0.6 is 0 Å². The number of aromatic nitrogens is 3. The molecule has 8 heteroatoms. The third kappa shape index (κ3) is 7.95. The second-order valence-electron chi connectivity index (χ2n) is 8.36. The number of fused-ring (bicyclic) bond motifs is 1. The predicted molar refractivity (Wildman–Crippen MR) is 134 cm³/mol. The van der Waals surface area contributed by atoms with E-state index in [1.54, 1.807) is 25.1 Å². The molecule has 0 atom stereocenters. The molecule has 3 rings (SSSR count). The highest BCUT2D eigenvalue weighted by Crippen LogP contribution is 2.18. The van der Waals surface area contributed by atoms with Crippen LogP contribution < -0.4 is 4.74 Å². The summed E-state index contributed by atoms with van der Waals surface area (Å²) < 4.78 is 15.9. The summed E-state index contributed by atoms with van der Waals surface area (Å²) in [4.78, 5) is 25.2. The summed E-state index contributed by atoms with van der Waals surface area (Å²) in [6.07, 6.45) is 7.37. The van der Waals surface area contributed by atoms with Gasteiger partial charge in [-0.15, -0.1) is 10.2 Å². The van der Waals surface area contributed by atoms with E-state index in [4.69, 9.17) is 14.2 Å². The molecule has 3 aromatic rings. The molecule has 0 amide bonds. The van der Waals surface area contributed by atoms with Gasteiger partial charge in [0.15, 0.2) is 0 Å². The van der Waals surface area contributed by atoms with Crippen molar-refractivity contribution < 1.29 is 23.8 Å². The first kappa shape index (κ1) is 25.9. The second kappa shape index (κ2) is 13.3. The van der Waals surface area contributed by atoms with Gasteiger partial charge < -0.3 is 14.2 Å². The van der Waals surface area contributed by atoms with Gasteiger partial charge in [0, 0.05) is 5.57 Å². The van der Waals surface area contributed by atoms with E-state index in [0.29, 0.717) is 28.8 Å². The van der Waals surface area contributed by atoms with Crippen LogP contribution in [0.1, 0.15) is 62.7 Å². The molecule has 0 fully saturated rings. The Balaban J connectivity index is 1.51. The van der Waals surface area contributed by atoms with Crippen LogP contribution in [0.4, 0.5) is 0 Å². The fourth-order valence-electron chi connectivity index (χ4n) is 3.38. The predicted octanol–water partition coefficient (Wildman–Crippen LogP) is 5.44. The van der Waals surface area contributed by atoms with Gasteiger partial charge in [0.1, 0.15) is 30.0 Å². The van der Waals surface area contributed by atoms with Crippen molar-refractivity contribution in [1.29, 1.82) is 0 Å². The molecule has 0 aliphatic rings. The molecule has 0 spiro atoms. The highest BCUT2D eigenvalue weighted by atomic mass is 16.6. The maximum absolute atomic E-state index is 12.3. The lowest BCUT2D eigenvalue weighted by Gasteiger charge is -2.07. The summed E-state index contributed by atoms with van der Waals surface area (Å²) >= 11 is 0. The first-order valence-electron chi connectivity index (χ1n) is 12.1. The monoisotopic (exact) mass is 479 g/mol. The van der Waals surface area contributed by atoms with Gasteiger partial charge in [-0.3, -0.25) is 0 Å². The SMILES string of the molecule is C=C(C)C(=O)OCCOC(=O)c1ccc2nn(-c3ccc(OCCCCCCCC)cc3)nc2c1. The normalized spacial score (nSPS) is 10.8. The van der Waals surface area contributed by atoms with Crippen LogP contribution in [0.15, 0.2) is 54.6 Å². The molecular weight excluding hydrogens is 446 g/mol. The van der Waals surface area contributed by atoms with Crippen molar-refractivity contribution >= 4 is 23.0 Å². The molecule has 0 aliphatic carbocycles. The molecule has 0 saturated carbocycles. The van der Waals surface area contributed by atoms with E-state index in [-0.39, 0.29) is 13.2 Å². The number of hydrogen-bond donors (Lipinski definition) is 0. The zero-order valence-corrected chi connectivity index (χ0v) is 20.5. The average Bonchev–Trinajstić information content (AvgIpc) is 3.29. The van der Waals surface area contributed by atoms with Gasteiger partial charge in [0.05, 0.1) is 17.9 Å². The molecule has 35 heavy (non-hydrogen) atoms. The molecule has 2 aromatic carbocycles. The fraction of sp³-hybridized carbons (Fsp3) is 0.407. The summed E-state index contributed by atoms with van der Waals surface area (Å²) in [5, 5.41) is 8.97. The average molecular weight is 480 g/mol. The van der Waals surface area contributed by atoms with E-state index < -0.39 is 11.9 Å². The zero-order valence-electron chi connectivity index (χ0n) is 20.5. The second-order valence-corrected chi connectivity index (χ2v) is 8.36. The Labute approximate surface area is 205 Å². The maximum Gasteiger partial charge on any atom is 0.338 e. The fourth-order valence-corrected chi connectivity index (χ4v) is 3.38. The summed E-state index contributed by atoms with van der Waals surface area (Å²) in [7, 11) is 0. The molecule has 0 saturated heterocycles. The number of carbonyl (C=O) groups is 2. The molecule has 0 bridgehead atoms. The number of benzene rings is 2. The summed E-state index contributed by atoms with van der Waals surface area (Å²) in [5.74, 6) is -0.228. The number of rotatable bonds is 14. The van der Waals surface area contributed by atoms with Crippen molar-refractivity contribution in [1.82, 2.24) is 15.0 Å². The Kier molecular flexibility index (Phi) is 9.83. The van der Waals surface area contributed by atoms with Crippen LogP contribution in [-0.4, -0.2) is 46.8 Å². The van der Waals surface area contributed by atoms with Crippen molar-refractivity contribution in [3.05, 3.63) is 60.2 Å². The van der Waals surface area contributed by atoms with Gasteiger partial charge in [0.2, 0.25) is 0 Å². The number of unbranched alkanes of at least 4 members (excludes halogenated alkanes) is 5. The smallest absolute Gasteiger partial charge is 0.338 e. The molecule has 186 valence electrons. The van der Waals surface area contributed by atoms with Crippen molar-refractivity contribution in [3.63, 3.8) is 0 Å². The number of esters is 2. The number of hydrogen-bond acceptors (Lipinski definition) is 7. The molecule has 1 aromatic heterocycles. The lowest BCUT2D eigenvalue weighted by atomic mass is 10.1. The van der Waals surface area contributed by atoms with Crippen LogP contribution in [0.2, 0.25) is 0 Å². The summed E-state index contributed by atoms with van der Waals surface area (Å²) in [6.45, 7) is 7.90. The van der Waals surface area contributed by atoms with Gasteiger partial charge in [-0.1, -0.05) is 45.6 Å². The Morgan fingerprint density at radius 1 is 0.857 bits per heavy atom. The standard InChI is InChI=1S/C27H33N3O5/c1-4-5-6-7-8-9-16-33-23-13-11-22(12-14-23)30-28-24-15-10-21(19-25(24)29-30)27(32)35-18-17-34-26(31)20(2)3/h10-15,19H,2,4-9,16-18H2,1,3H3. The maximum atomic E-state index is 12.3. The minimum atomic E-state index is -0.528. The molecule has 0 unspecified atom stereocenters. The van der Waals surface area contributed by atoms with Crippen LogP contribution in [0.5, 0.6) is 5.75 Å². The van der Waals surface area contributed by atoms with E-state index in [1.165, 1.54) is 36.9 Å². The number of carbonyl (C=O) groups excluding carboxylic acids is 2. The Morgan fingerprint density at radius 2 is 1.54 bits per heavy atom. The van der Waals surface area contributed by atoms with E-state index in [0.717, 1.165) is 17.9 Å². The van der Waals surface area contributed by atoms with Crippen molar-refractivity contribution in [2.75, 3.05) is 19.8 Å². The summed E-state index contributed by atoms with van der Waals surface area (Å²) in [6, 6.07) is 12.6. The third-order valence-electron chi connectivity index (χ3n) is 5.35. The van der Waals surface area contributed by atoms with Gasteiger partial charge in [-0.05, 0) is 55.8 Å². The van der Waals surface area contributed by atoms with E-state index >= 15 is 0 Å². The van der Waals surface area contributed by atoms with Crippen LogP contribution in [-0.2, 0) is 14.3 Å². The van der Waals surface area contributed by atoms with Gasteiger partial charge in [0.25, 0.3) is 0 Å². The third-order valence-corrected chi connectivity index (χ3v) is 5.35.